The number of pyridine rings is 2. The number of hydrogen-bond donors (Lipinski definition) is 4. The maximum atomic E-state index is 14.6. The van der Waals surface area contributed by atoms with Crippen molar-refractivity contribution in [1.29, 1.82) is 0 Å². The number of benzene rings is 7. The van der Waals surface area contributed by atoms with Gasteiger partial charge in [0, 0.05) is 63.8 Å². The maximum absolute atomic E-state index is 14.6. The van der Waals surface area contributed by atoms with Gasteiger partial charge >= 0.3 is 6.01 Å². The van der Waals surface area contributed by atoms with Crippen LogP contribution in [0.4, 0.5) is 23.3 Å². The predicted molar refractivity (Wildman–Crippen MR) is 259 cm³/mol. The van der Waals surface area contributed by atoms with Crippen molar-refractivity contribution >= 4 is 122 Å². The van der Waals surface area contributed by atoms with Gasteiger partial charge in [0.15, 0.2) is 34.0 Å². The Labute approximate surface area is 392 Å². The largest absolute Gasteiger partial charge is 0.424 e. The van der Waals surface area contributed by atoms with Crippen molar-refractivity contribution in [3.05, 3.63) is 201 Å². The summed E-state index contributed by atoms with van der Waals surface area (Å²) in [4.78, 5) is 107. The minimum atomic E-state index is -0.490. The second-order valence-electron chi connectivity index (χ2n) is 15.8. The van der Waals surface area contributed by atoms with E-state index >= 15 is 0 Å². The highest BCUT2D eigenvalue weighted by Crippen LogP contribution is 2.40. The molecule has 12 rings (SSSR count). The summed E-state index contributed by atoms with van der Waals surface area (Å²) in [5, 5.41) is 7.09. The number of anilines is 4. The number of H-pyrrole nitrogens is 2. The van der Waals surface area contributed by atoms with Crippen LogP contribution < -0.4 is 26.2 Å². The zero-order valence-corrected chi connectivity index (χ0v) is 37.3. The Kier molecular flexibility index (Phi) is 9.00. The second kappa shape index (κ2) is 15.0. The Hall–Kier alpha value is -8.47. The second-order valence-corrected chi connectivity index (χ2v) is 17.7. The van der Waals surface area contributed by atoms with Crippen LogP contribution in [0.5, 0.6) is 11.8 Å². The van der Waals surface area contributed by atoms with E-state index in [4.69, 9.17) is 4.74 Å². The number of rotatable bonds is 6. The smallest absolute Gasteiger partial charge is 0.328 e. The van der Waals surface area contributed by atoms with Crippen molar-refractivity contribution in [1.82, 2.24) is 24.9 Å². The van der Waals surface area contributed by atoms with Crippen LogP contribution in [0.25, 0.3) is 43.6 Å². The van der Waals surface area contributed by atoms with Crippen LogP contribution in [-0.2, 0) is 0 Å². The molecule has 0 amide bonds. The SMILES string of the molecule is O=C1c2ccccc2C(=O)c2c1c(Nc1nc(Nc3cc4c(=O)c5cc(Br)ccc5[nH]c4c4c3C(=O)c3ccccc3C4=O)nc(Oc3ccccc3)n1)cc1c(=O)c3cc(Br)ccc3[nH]c21. The highest BCUT2D eigenvalue weighted by atomic mass is 79.9. The van der Waals surface area contributed by atoms with E-state index in [0.29, 0.717) is 36.5 Å². The van der Waals surface area contributed by atoms with Gasteiger partial charge in [-0.15, -0.1) is 0 Å². The van der Waals surface area contributed by atoms with Crippen molar-refractivity contribution in [3.8, 4) is 11.8 Å². The third-order valence-corrected chi connectivity index (χ3v) is 12.9. The van der Waals surface area contributed by atoms with Crippen LogP contribution in [0, 0.1) is 0 Å². The molecule has 0 fully saturated rings. The van der Waals surface area contributed by atoms with E-state index in [0.717, 1.165) is 0 Å². The summed E-state index contributed by atoms with van der Waals surface area (Å²) in [6.07, 6.45) is 0. The number of fused-ring (bicyclic) bond motifs is 10. The van der Waals surface area contributed by atoms with Gasteiger partial charge in [-0.05, 0) is 60.7 Å². The molecule has 4 N–H and O–H groups in total. The normalized spacial score (nSPS) is 12.9. The number of ether oxygens (including phenoxy) is 1. The van der Waals surface area contributed by atoms with Crippen molar-refractivity contribution in [2.75, 3.05) is 10.6 Å². The van der Waals surface area contributed by atoms with Gasteiger partial charge in [0.2, 0.25) is 11.9 Å². The molecule has 320 valence electrons. The van der Waals surface area contributed by atoms with Gasteiger partial charge in [0.05, 0.1) is 44.7 Å². The van der Waals surface area contributed by atoms with Crippen LogP contribution in [0.1, 0.15) is 63.7 Å². The number of aromatic nitrogens is 5. The van der Waals surface area contributed by atoms with Crippen molar-refractivity contribution < 1.29 is 23.9 Å². The molecule has 10 aromatic rings. The van der Waals surface area contributed by atoms with Crippen LogP contribution >= 0.6 is 31.9 Å². The number of para-hydroxylation sites is 1. The topological polar surface area (TPSA) is 206 Å². The zero-order chi connectivity index (χ0) is 45.8. The lowest BCUT2D eigenvalue weighted by Gasteiger charge is -2.23. The van der Waals surface area contributed by atoms with Gasteiger partial charge in [-0.2, -0.15) is 15.0 Å². The standard InChI is InChI=1S/C51H25Br2N7O7/c52-22-14-16-33-29(18-22)43(61)31-20-35(37-39(41(31)54-33)47(65)27-12-6-4-10-25(27)45(37)63)56-49-58-50(60-51(59-49)67-24-8-2-1-3-9-24)57-36-21-32-42(55-34-17-15-23(53)19-30(34)44(32)62)40-38(36)46(64)26-11-5-7-13-28(26)48(40)66/h1-21H,(H,54,61)(H,55,62)(H2,56,57,58,59,60). The van der Waals surface area contributed by atoms with Crippen LogP contribution in [-0.4, -0.2) is 48.1 Å². The first kappa shape index (κ1) is 40.1. The number of halogens is 2. The molecule has 0 bridgehead atoms. The monoisotopic (exact) mass is 1010 g/mol. The van der Waals surface area contributed by atoms with E-state index in [2.05, 4.69) is 67.4 Å². The lowest BCUT2D eigenvalue weighted by molar-refractivity contribution is 0.0981. The number of ketones is 4. The molecule has 2 aliphatic rings. The average molecular weight is 1010 g/mol. The molecule has 14 nitrogen and oxygen atoms in total. The van der Waals surface area contributed by atoms with Crippen LogP contribution in [0.2, 0.25) is 0 Å². The summed E-state index contributed by atoms with van der Waals surface area (Å²) >= 11 is 6.90. The van der Waals surface area contributed by atoms with Gasteiger partial charge in [-0.3, -0.25) is 28.8 Å². The van der Waals surface area contributed by atoms with Crippen LogP contribution in [0.3, 0.4) is 0 Å². The molecule has 67 heavy (non-hydrogen) atoms. The number of hydrogen-bond acceptors (Lipinski definition) is 12. The average Bonchev–Trinajstić information content (AvgIpc) is 3.33. The Morgan fingerprint density at radius 2 is 0.836 bits per heavy atom. The van der Waals surface area contributed by atoms with E-state index in [9.17, 15) is 28.8 Å². The summed E-state index contributed by atoms with van der Waals surface area (Å²) in [5.41, 5.74) is 1.10. The molecule has 0 unspecified atom stereocenters. The third kappa shape index (κ3) is 6.32. The summed E-state index contributed by atoms with van der Waals surface area (Å²) in [7, 11) is 0. The molecule has 0 radical (unpaired) electrons. The molecule has 3 aromatic heterocycles. The van der Waals surface area contributed by atoms with Gasteiger partial charge in [0.1, 0.15) is 5.75 Å². The lowest BCUT2D eigenvalue weighted by Crippen LogP contribution is -2.24. The molecule has 16 heteroatoms. The van der Waals surface area contributed by atoms with E-state index in [1.54, 1.807) is 115 Å². The summed E-state index contributed by atoms with van der Waals surface area (Å²) < 4.78 is 7.44. The number of carbonyl (C=O) groups is 4. The van der Waals surface area contributed by atoms with Crippen molar-refractivity contribution in [2.24, 2.45) is 0 Å². The summed E-state index contributed by atoms with van der Waals surface area (Å²) in [6.45, 7) is 0. The third-order valence-electron chi connectivity index (χ3n) is 11.9. The van der Waals surface area contributed by atoms with Crippen LogP contribution in [0.15, 0.2) is 146 Å². The lowest BCUT2D eigenvalue weighted by atomic mass is 9.81. The fourth-order valence-corrected chi connectivity index (χ4v) is 9.66. The number of aromatic amines is 2. The predicted octanol–water partition coefficient (Wildman–Crippen LogP) is 10.2. The minimum Gasteiger partial charge on any atom is -0.424 e. The van der Waals surface area contributed by atoms with E-state index < -0.39 is 34.0 Å². The van der Waals surface area contributed by atoms with E-state index in [1.807, 2.05) is 0 Å². The number of nitrogens with one attached hydrogen (secondary N) is 4. The van der Waals surface area contributed by atoms with Gasteiger partial charge < -0.3 is 25.3 Å². The highest BCUT2D eigenvalue weighted by Gasteiger charge is 2.37. The molecule has 7 aromatic carbocycles. The van der Waals surface area contributed by atoms with Gasteiger partial charge in [0.25, 0.3) is 0 Å². The molecule has 0 saturated carbocycles. The first-order valence-corrected chi connectivity index (χ1v) is 22.1. The molecule has 0 aliphatic heterocycles. The molecular formula is C51H25Br2N7O7. The summed E-state index contributed by atoms with van der Waals surface area (Å²) in [5.74, 6) is -2.00. The van der Waals surface area contributed by atoms with Gasteiger partial charge in [-0.1, -0.05) is 98.6 Å². The first-order chi connectivity index (χ1) is 32.5. The number of carbonyl (C=O) groups excluding carboxylic acids is 4. The molecule has 0 atom stereocenters. The molecular weight excluding hydrogens is 982 g/mol. The van der Waals surface area contributed by atoms with E-state index in [-0.39, 0.29) is 95.6 Å². The first-order valence-electron chi connectivity index (χ1n) is 20.5. The Bertz CT molecular complexity index is 3840. The Morgan fingerprint density at radius 1 is 0.433 bits per heavy atom. The fourth-order valence-electron chi connectivity index (χ4n) is 8.94. The van der Waals surface area contributed by atoms with Crippen molar-refractivity contribution in [2.45, 2.75) is 0 Å². The quantitative estimate of drug-likeness (QED) is 0.115. The zero-order valence-electron chi connectivity index (χ0n) is 34.1. The Morgan fingerprint density at radius 3 is 1.27 bits per heavy atom. The number of nitrogens with zero attached hydrogens (tertiary/aromatic N) is 3. The molecule has 0 spiro atoms. The molecule has 2 aliphatic carbocycles. The Balaban J connectivity index is 1.07. The summed E-state index contributed by atoms with van der Waals surface area (Å²) in [6, 6.07) is 34.5. The highest BCUT2D eigenvalue weighted by molar-refractivity contribution is 9.10. The van der Waals surface area contributed by atoms with E-state index in [1.165, 1.54) is 12.1 Å². The molecule has 3 heterocycles. The molecule has 0 saturated heterocycles. The van der Waals surface area contributed by atoms with Gasteiger partial charge in [-0.25, -0.2) is 0 Å². The van der Waals surface area contributed by atoms with Crippen molar-refractivity contribution in [3.63, 3.8) is 0 Å². The fraction of sp³-hybridized carbons (Fsp3) is 0. The maximum Gasteiger partial charge on any atom is 0.328 e. The minimum absolute atomic E-state index is 0.0187.